The molecule has 4 heterocycles. The number of benzene rings is 2. The number of hydrogen-bond acceptors (Lipinski definition) is 12. The molecule has 3 aromatic rings. The number of carbonyl (C=O) groups is 6. The van der Waals surface area contributed by atoms with Crippen LogP contribution in [-0.4, -0.2) is 128 Å². The zero-order valence-electron chi connectivity index (χ0n) is 32.5. The summed E-state index contributed by atoms with van der Waals surface area (Å²) in [6, 6.07) is 7.38. The summed E-state index contributed by atoms with van der Waals surface area (Å²) in [5.74, 6) is -0.903. The molecule has 0 aliphatic carbocycles. The highest BCUT2D eigenvalue weighted by Crippen LogP contribution is 2.39. The van der Waals surface area contributed by atoms with E-state index < -0.39 is 29.7 Å². The van der Waals surface area contributed by atoms with Crippen LogP contribution >= 0.6 is 0 Å². The maximum absolute atomic E-state index is 13.3. The number of rotatable bonds is 13. The number of urea groups is 1. The molecule has 0 spiro atoms. The van der Waals surface area contributed by atoms with Crippen molar-refractivity contribution >= 4 is 41.8 Å². The summed E-state index contributed by atoms with van der Waals surface area (Å²) in [5.41, 5.74) is 4.65. The van der Waals surface area contributed by atoms with E-state index in [1.54, 1.807) is 38.3 Å². The van der Waals surface area contributed by atoms with E-state index in [0.717, 1.165) is 27.2 Å². The van der Waals surface area contributed by atoms with E-state index in [1.807, 2.05) is 37.3 Å². The van der Waals surface area contributed by atoms with Crippen LogP contribution in [-0.2, 0) is 45.7 Å². The molecule has 57 heavy (non-hydrogen) atoms. The first-order chi connectivity index (χ1) is 27.3. The van der Waals surface area contributed by atoms with Crippen molar-refractivity contribution < 1.29 is 48.1 Å². The summed E-state index contributed by atoms with van der Waals surface area (Å²) in [4.78, 5) is 89.8. The van der Waals surface area contributed by atoms with Crippen LogP contribution in [0.1, 0.15) is 50.2 Å². The van der Waals surface area contributed by atoms with Crippen LogP contribution in [0, 0.1) is 0 Å². The van der Waals surface area contributed by atoms with Gasteiger partial charge in [-0.15, -0.1) is 0 Å². The van der Waals surface area contributed by atoms with Crippen molar-refractivity contribution in [1.29, 1.82) is 0 Å². The van der Waals surface area contributed by atoms with Crippen LogP contribution in [0.5, 0.6) is 11.5 Å². The lowest BCUT2D eigenvalue weighted by Crippen LogP contribution is -2.54. The van der Waals surface area contributed by atoms with Crippen LogP contribution in [0.15, 0.2) is 41.3 Å². The van der Waals surface area contributed by atoms with Crippen LogP contribution < -0.4 is 31.0 Å². The average molecular weight is 790 g/mol. The van der Waals surface area contributed by atoms with Gasteiger partial charge in [0.25, 0.3) is 23.8 Å². The molecule has 0 saturated carbocycles. The second-order valence-electron chi connectivity index (χ2n) is 13.7. The lowest BCUT2D eigenvalue weighted by Gasteiger charge is -2.30. The summed E-state index contributed by atoms with van der Waals surface area (Å²) in [6.45, 7) is 1.94. The van der Waals surface area contributed by atoms with Crippen molar-refractivity contribution in [3.05, 3.63) is 74.7 Å². The van der Waals surface area contributed by atoms with E-state index >= 15 is 0 Å². The van der Waals surface area contributed by atoms with E-state index in [-0.39, 0.29) is 68.3 Å². The number of methoxy groups -OCH3 is 2. The van der Waals surface area contributed by atoms with Crippen molar-refractivity contribution in [2.75, 3.05) is 66.5 Å². The molecule has 2 aromatic carbocycles. The van der Waals surface area contributed by atoms with Gasteiger partial charge >= 0.3 is 6.03 Å². The van der Waals surface area contributed by atoms with Crippen molar-refractivity contribution in [1.82, 2.24) is 29.9 Å². The Balaban J connectivity index is 0.00000200. The predicted molar refractivity (Wildman–Crippen MR) is 206 cm³/mol. The molecule has 304 valence electrons. The molecule has 1 atom stereocenters. The number of imide groups is 2. The second kappa shape index (κ2) is 18.6. The molecule has 1 fully saturated rings. The molecule has 0 radical (unpaired) electrons. The number of carbonyl (C=O) groups excluding carboxylic acids is 5. The van der Waals surface area contributed by atoms with Gasteiger partial charge in [-0.1, -0.05) is 6.07 Å². The number of nitrogens with one attached hydrogen (secondary N) is 3. The minimum absolute atomic E-state index is 0.0407. The van der Waals surface area contributed by atoms with E-state index in [2.05, 4.69) is 16.0 Å². The topological polar surface area (TPSA) is 218 Å². The van der Waals surface area contributed by atoms with Gasteiger partial charge in [0, 0.05) is 73.8 Å². The number of fused-ring (bicyclic) bond motifs is 2. The minimum Gasteiger partial charge on any atom is -0.496 e. The van der Waals surface area contributed by atoms with Crippen LogP contribution in [0.25, 0.3) is 11.1 Å². The summed E-state index contributed by atoms with van der Waals surface area (Å²) in [7, 11) is 8.90. The summed E-state index contributed by atoms with van der Waals surface area (Å²) >= 11 is 0. The standard InChI is InChI=1S/C38H45N7O9.CH2O2/c1-42(2)19-22-17-31(53-5)25(18-30(22)52-4)26-20-43(3)35(48)27-21-44(14-11-23(26)27)38(51)40-13-16-54-15-12-39-28-8-6-7-24-33(28)37(50)45(36(24)49)29-9-10-32(46)41-34(29)47;2-1-3/h6-8,17-18,20,29,39H,9-16,19,21H2,1-5H3,(H,40,51)(H,41,46,47);1H,(H,2,3). The molecule has 4 N–H and O–H groups in total. The maximum Gasteiger partial charge on any atom is 0.317 e. The number of aromatic nitrogens is 1. The highest BCUT2D eigenvalue weighted by atomic mass is 16.5. The first-order valence-electron chi connectivity index (χ1n) is 18.2. The first kappa shape index (κ1) is 41.9. The zero-order valence-corrected chi connectivity index (χ0v) is 32.5. The number of ether oxygens (including phenoxy) is 3. The summed E-state index contributed by atoms with van der Waals surface area (Å²) in [6.07, 6.45) is 2.40. The zero-order chi connectivity index (χ0) is 41.4. The molecule has 3 aliphatic rings. The number of hydrogen-bond donors (Lipinski definition) is 4. The van der Waals surface area contributed by atoms with Gasteiger partial charge in [-0.05, 0) is 56.8 Å². The van der Waals surface area contributed by atoms with Crippen LogP contribution in [0.3, 0.4) is 0 Å². The van der Waals surface area contributed by atoms with Gasteiger partial charge in [0.15, 0.2) is 0 Å². The Labute approximate surface area is 328 Å². The highest BCUT2D eigenvalue weighted by Gasteiger charge is 2.45. The maximum atomic E-state index is 13.3. The summed E-state index contributed by atoms with van der Waals surface area (Å²) in [5, 5.41) is 15.1. The Morgan fingerprint density at radius 2 is 1.68 bits per heavy atom. The Morgan fingerprint density at radius 1 is 0.965 bits per heavy atom. The minimum atomic E-state index is -1.05. The van der Waals surface area contributed by atoms with E-state index in [9.17, 15) is 28.8 Å². The smallest absolute Gasteiger partial charge is 0.317 e. The molecule has 6 rings (SSSR count). The Morgan fingerprint density at radius 3 is 2.37 bits per heavy atom. The number of amides is 6. The molecule has 1 aromatic heterocycles. The van der Waals surface area contributed by atoms with Crippen LogP contribution in [0.4, 0.5) is 10.5 Å². The second-order valence-corrected chi connectivity index (χ2v) is 13.7. The monoisotopic (exact) mass is 789 g/mol. The number of anilines is 1. The average Bonchev–Trinajstić information content (AvgIpc) is 3.44. The molecular weight excluding hydrogens is 742 g/mol. The highest BCUT2D eigenvalue weighted by molar-refractivity contribution is 6.25. The molecule has 0 bridgehead atoms. The molecule has 18 nitrogen and oxygen atoms in total. The van der Waals surface area contributed by atoms with Crippen molar-refractivity contribution in [2.24, 2.45) is 7.05 Å². The third-order valence-corrected chi connectivity index (χ3v) is 9.79. The van der Waals surface area contributed by atoms with Gasteiger partial charge in [0.1, 0.15) is 17.5 Å². The molecular formula is C39H47N7O11. The van der Waals surface area contributed by atoms with Gasteiger partial charge in [-0.3, -0.25) is 39.0 Å². The normalized spacial score (nSPS) is 16.0. The molecule has 3 aliphatic heterocycles. The molecule has 18 heteroatoms. The first-order valence-corrected chi connectivity index (χ1v) is 18.2. The lowest BCUT2D eigenvalue weighted by atomic mass is 9.91. The molecule has 1 saturated heterocycles. The van der Waals surface area contributed by atoms with Gasteiger partial charge in [0.05, 0.1) is 45.1 Å². The largest absolute Gasteiger partial charge is 0.496 e. The van der Waals surface area contributed by atoms with Gasteiger partial charge in [0.2, 0.25) is 11.8 Å². The van der Waals surface area contributed by atoms with Crippen molar-refractivity contribution in [3.63, 3.8) is 0 Å². The van der Waals surface area contributed by atoms with Gasteiger partial charge < -0.3 is 44.3 Å². The Bertz CT molecular complexity index is 2120. The van der Waals surface area contributed by atoms with Gasteiger partial charge in [-0.25, -0.2) is 4.79 Å². The fraction of sp³-hybridized carbons (Fsp3) is 0.410. The third-order valence-electron chi connectivity index (χ3n) is 9.79. The third kappa shape index (κ3) is 9.08. The fourth-order valence-corrected chi connectivity index (χ4v) is 7.21. The molecule has 6 amide bonds. The van der Waals surface area contributed by atoms with E-state index in [0.29, 0.717) is 48.8 Å². The number of piperidine rings is 1. The number of carboxylic acid groups (broad SMARTS) is 1. The Kier molecular flexibility index (Phi) is 13.7. The van der Waals surface area contributed by atoms with Crippen molar-refractivity contribution in [3.8, 4) is 22.6 Å². The number of pyridine rings is 1. The quantitative estimate of drug-likeness (QED) is 0.110. The van der Waals surface area contributed by atoms with Gasteiger partial charge in [-0.2, -0.15) is 0 Å². The van der Waals surface area contributed by atoms with Crippen LogP contribution in [0.2, 0.25) is 0 Å². The van der Waals surface area contributed by atoms with E-state index in [1.165, 1.54) is 10.6 Å². The molecule has 1 unspecified atom stereocenters. The SMILES string of the molecule is COc1cc(-c2cn(C)c(=O)c3c2CCN(C(=O)NCCOCCNc2cccc4c2C(=O)N(C2CCC(=O)NC2=O)C4=O)C3)c(OC)cc1CN(C)C.O=CO. The predicted octanol–water partition coefficient (Wildman–Crippen LogP) is 1.43. The summed E-state index contributed by atoms with van der Waals surface area (Å²) < 4.78 is 18.8. The fourth-order valence-electron chi connectivity index (χ4n) is 7.21. The Hall–Kier alpha value is -6.27. The number of aryl methyl sites for hydroxylation is 1. The number of nitrogens with zero attached hydrogens (tertiary/aromatic N) is 4. The lowest BCUT2D eigenvalue weighted by molar-refractivity contribution is -0.136. The van der Waals surface area contributed by atoms with E-state index in [4.69, 9.17) is 24.1 Å². The van der Waals surface area contributed by atoms with Crippen molar-refractivity contribution in [2.45, 2.75) is 38.4 Å².